The van der Waals surface area contributed by atoms with Gasteiger partial charge in [-0.2, -0.15) is 11.8 Å². The first kappa shape index (κ1) is 15.4. The van der Waals surface area contributed by atoms with Crippen LogP contribution < -0.4 is 10.1 Å². The van der Waals surface area contributed by atoms with Gasteiger partial charge in [0.05, 0.1) is 6.61 Å². The standard InChI is InChI=1S/C13H17NO4S/c1-10-4-2-3-5-12(10)18-6-7-19-8-11(13(16)17)14-9-15/h2-5,9,11H,6-8H2,1H3,(H,14,15)(H,16,17). The fourth-order valence-electron chi connectivity index (χ4n) is 1.40. The van der Waals surface area contributed by atoms with Gasteiger partial charge in [-0.15, -0.1) is 0 Å². The molecule has 0 heterocycles. The molecule has 0 aliphatic heterocycles. The van der Waals surface area contributed by atoms with Crippen molar-refractivity contribution in [2.45, 2.75) is 13.0 Å². The highest BCUT2D eigenvalue weighted by Gasteiger charge is 2.15. The molecule has 1 unspecified atom stereocenters. The lowest BCUT2D eigenvalue weighted by Gasteiger charge is -2.11. The largest absolute Gasteiger partial charge is 0.492 e. The Labute approximate surface area is 116 Å². The number of ether oxygens (including phenoxy) is 1. The molecule has 0 fully saturated rings. The smallest absolute Gasteiger partial charge is 0.327 e. The lowest BCUT2D eigenvalue weighted by molar-refractivity contribution is -0.139. The van der Waals surface area contributed by atoms with Crippen molar-refractivity contribution in [3.05, 3.63) is 29.8 Å². The molecule has 0 aromatic heterocycles. The van der Waals surface area contributed by atoms with Crippen LogP contribution in [0.1, 0.15) is 5.56 Å². The molecule has 0 radical (unpaired) electrons. The van der Waals surface area contributed by atoms with E-state index in [-0.39, 0.29) is 0 Å². The highest BCUT2D eigenvalue weighted by Crippen LogP contribution is 2.16. The number of carboxylic acid groups (broad SMARTS) is 1. The summed E-state index contributed by atoms with van der Waals surface area (Å²) in [6.07, 6.45) is 0.406. The molecule has 0 aliphatic rings. The number of hydrogen-bond acceptors (Lipinski definition) is 4. The quantitative estimate of drug-likeness (QED) is 0.528. The number of carbonyl (C=O) groups is 2. The highest BCUT2D eigenvalue weighted by molar-refractivity contribution is 7.99. The SMILES string of the molecule is Cc1ccccc1OCCSCC(NC=O)C(=O)O. The summed E-state index contributed by atoms with van der Waals surface area (Å²) in [5.41, 5.74) is 1.07. The van der Waals surface area contributed by atoms with E-state index in [0.29, 0.717) is 24.5 Å². The summed E-state index contributed by atoms with van der Waals surface area (Å²) < 4.78 is 5.58. The van der Waals surface area contributed by atoms with E-state index in [9.17, 15) is 9.59 Å². The fraction of sp³-hybridized carbons (Fsp3) is 0.385. The van der Waals surface area contributed by atoms with Gasteiger partial charge < -0.3 is 15.2 Å². The molecule has 0 aliphatic carbocycles. The van der Waals surface area contributed by atoms with Crippen LogP contribution in [-0.2, 0) is 9.59 Å². The Kier molecular flexibility index (Phi) is 6.81. The molecule has 6 heteroatoms. The Bertz CT molecular complexity index is 425. The minimum Gasteiger partial charge on any atom is -0.492 e. The molecule has 1 aromatic carbocycles. The van der Waals surface area contributed by atoms with Gasteiger partial charge in [-0.25, -0.2) is 4.79 Å². The molecular formula is C13H17NO4S. The molecular weight excluding hydrogens is 266 g/mol. The summed E-state index contributed by atoms with van der Waals surface area (Å²) >= 11 is 1.43. The van der Waals surface area contributed by atoms with Gasteiger partial charge in [0.25, 0.3) is 0 Å². The average Bonchev–Trinajstić information content (AvgIpc) is 2.39. The van der Waals surface area contributed by atoms with E-state index in [2.05, 4.69) is 5.32 Å². The molecule has 1 amide bonds. The first-order valence-corrected chi connectivity index (χ1v) is 6.99. The first-order chi connectivity index (χ1) is 9.15. The summed E-state index contributed by atoms with van der Waals surface area (Å²) in [7, 11) is 0. The number of benzene rings is 1. The van der Waals surface area contributed by atoms with Crippen molar-refractivity contribution < 1.29 is 19.4 Å². The Morgan fingerprint density at radius 2 is 2.26 bits per heavy atom. The van der Waals surface area contributed by atoms with Crippen LogP contribution in [0.3, 0.4) is 0 Å². The molecule has 0 saturated carbocycles. The number of aryl methyl sites for hydroxylation is 1. The second-order valence-corrected chi connectivity index (χ2v) is 5.01. The lowest BCUT2D eigenvalue weighted by Crippen LogP contribution is -2.38. The molecule has 1 aromatic rings. The van der Waals surface area contributed by atoms with E-state index in [1.807, 2.05) is 31.2 Å². The summed E-state index contributed by atoms with van der Waals surface area (Å²) in [5, 5.41) is 11.1. The van der Waals surface area contributed by atoms with Crippen LogP contribution in [0.4, 0.5) is 0 Å². The van der Waals surface area contributed by atoms with Crippen molar-refractivity contribution in [1.29, 1.82) is 0 Å². The summed E-state index contributed by atoms with van der Waals surface area (Å²) in [6.45, 7) is 2.47. The van der Waals surface area contributed by atoms with Crippen molar-refractivity contribution in [3.63, 3.8) is 0 Å². The van der Waals surface area contributed by atoms with Crippen LogP contribution in [0.2, 0.25) is 0 Å². The second-order valence-electron chi connectivity index (χ2n) is 3.86. The molecule has 0 saturated heterocycles. The van der Waals surface area contributed by atoms with Crippen LogP contribution in [0, 0.1) is 6.92 Å². The molecule has 1 atom stereocenters. The third kappa shape index (κ3) is 5.65. The van der Waals surface area contributed by atoms with Gasteiger partial charge in [0.1, 0.15) is 11.8 Å². The summed E-state index contributed by atoms with van der Waals surface area (Å²) in [6, 6.07) is 6.87. The van der Waals surface area contributed by atoms with E-state index >= 15 is 0 Å². The van der Waals surface area contributed by atoms with Crippen molar-refractivity contribution in [2.75, 3.05) is 18.1 Å². The number of nitrogens with one attached hydrogen (secondary N) is 1. The molecule has 1 rings (SSSR count). The van der Waals surface area contributed by atoms with E-state index in [4.69, 9.17) is 9.84 Å². The van der Waals surface area contributed by atoms with Crippen molar-refractivity contribution >= 4 is 24.1 Å². The van der Waals surface area contributed by atoms with Gasteiger partial charge in [0.2, 0.25) is 6.41 Å². The van der Waals surface area contributed by atoms with E-state index < -0.39 is 12.0 Å². The number of carboxylic acids is 1. The minimum absolute atomic E-state index is 0.325. The van der Waals surface area contributed by atoms with Crippen molar-refractivity contribution in [1.82, 2.24) is 5.32 Å². The van der Waals surface area contributed by atoms with Crippen LogP contribution in [-0.4, -0.2) is 41.6 Å². The number of amides is 1. The predicted molar refractivity (Wildman–Crippen MR) is 74.6 cm³/mol. The highest BCUT2D eigenvalue weighted by atomic mass is 32.2. The van der Waals surface area contributed by atoms with Gasteiger partial charge in [-0.1, -0.05) is 18.2 Å². The van der Waals surface area contributed by atoms with Gasteiger partial charge in [-0.05, 0) is 18.6 Å². The molecule has 2 N–H and O–H groups in total. The second kappa shape index (κ2) is 8.42. The average molecular weight is 283 g/mol. The van der Waals surface area contributed by atoms with Crippen LogP contribution in [0.25, 0.3) is 0 Å². The summed E-state index contributed by atoms with van der Waals surface area (Å²) in [4.78, 5) is 21.0. The maximum absolute atomic E-state index is 10.8. The van der Waals surface area contributed by atoms with E-state index in [1.54, 1.807) is 0 Å². The molecule has 0 spiro atoms. The monoisotopic (exact) mass is 283 g/mol. The van der Waals surface area contributed by atoms with Crippen molar-refractivity contribution in [2.24, 2.45) is 0 Å². The zero-order chi connectivity index (χ0) is 14.1. The molecule has 19 heavy (non-hydrogen) atoms. The number of rotatable bonds is 9. The minimum atomic E-state index is -1.03. The van der Waals surface area contributed by atoms with E-state index in [0.717, 1.165) is 11.3 Å². The Balaban J connectivity index is 2.22. The van der Waals surface area contributed by atoms with Crippen LogP contribution >= 0.6 is 11.8 Å². The Hall–Kier alpha value is -1.69. The zero-order valence-electron chi connectivity index (χ0n) is 10.7. The van der Waals surface area contributed by atoms with Crippen molar-refractivity contribution in [3.8, 4) is 5.75 Å². The van der Waals surface area contributed by atoms with Crippen LogP contribution in [0.15, 0.2) is 24.3 Å². The Morgan fingerprint density at radius 3 is 2.89 bits per heavy atom. The predicted octanol–water partition coefficient (Wildman–Crippen LogP) is 1.31. The molecule has 0 bridgehead atoms. The lowest BCUT2D eigenvalue weighted by atomic mass is 10.2. The molecule has 104 valence electrons. The summed E-state index contributed by atoms with van der Waals surface area (Å²) in [5.74, 6) is 0.799. The number of aliphatic carboxylic acids is 1. The number of carbonyl (C=O) groups excluding carboxylic acids is 1. The van der Waals surface area contributed by atoms with Gasteiger partial charge >= 0.3 is 5.97 Å². The number of thioether (sulfide) groups is 1. The van der Waals surface area contributed by atoms with Crippen LogP contribution in [0.5, 0.6) is 5.75 Å². The maximum atomic E-state index is 10.8. The van der Waals surface area contributed by atoms with Gasteiger partial charge in [0.15, 0.2) is 0 Å². The third-order valence-corrected chi connectivity index (χ3v) is 3.46. The zero-order valence-corrected chi connectivity index (χ0v) is 11.5. The maximum Gasteiger partial charge on any atom is 0.327 e. The topological polar surface area (TPSA) is 75.6 Å². The number of para-hydroxylation sites is 1. The fourth-order valence-corrected chi connectivity index (χ4v) is 2.25. The first-order valence-electron chi connectivity index (χ1n) is 5.84. The molecule has 5 nitrogen and oxygen atoms in total. The number of hydrogen-bond donors (Lipinski definition) is 2. The van der Waals surface area contributed by atoms with Gasteiger partial charge in [-0.3, -0.25) is 4.79 Å². The van der Waals surface area contributed by atoms with E-state index in [1.165, 1.54) is 11.8 Å². The Morgan fingerprint density at radius 1 is 1.53 bits per heavy atom. The third-order valence-electron chi connectivity index (χ3n) is 2.43. The van der Waals surface area contributed by atoms with Gasteiger partial charge in [0, 0.05) is 11.5 Å². The normalized spacial score (nSPS) is 11.6.